The van der Waals surface area contributed by atoms with Crippen LogP contribution in [0.25, 0.3) is 0 Å². The monoisotopic (exact) mass is 462 g/mol. The number of rotatable bonds is 3. The number of amides is 2. The minimum atomic E-state index is -0.143. The van der Waals surface area contributed by atoms with Gasteiger partial charge in [-0.05, 0) is 43.6 Å². The summed E-state index contributed by atoms with van der Waals surface area (Å²) >= 11 is 0. The molecule has 1 N–H and O–H groups in total. The van der Waals surface area contributed by atoms with Crippen LogP contribution in [-0.4, -0.2) is 85.4 Å². The molecule has 4 atom stereocenters. The summed E-state index contributed by atoms with van der Waals surface area (Å²) in [5, 5.41) is 3.50. The van der Waals surface area contributed by atoms with E-state index in [2.05, 4.69) is 33.9 Å². The van der Waals surface area contributed by atoms with Crippen LogP contribution in [0, 0.1) is 23.2 Å². The molecular weight excluding hydrogens is 423 g/mol. The molecule has 3 saturated heterocycles. The largest absolute Gasteiger partial charge is 0.341 e. The molecule has 1 aliphatic carbocycles. The van der Waals surface area contributed by atoms with E-state index in [0.29, 0.717) is 30.2 Å². The molecule has 6 nitrogen and oxygen atoms in total. The number of carbonyl (C=O) groups excluding carboxylic acids is 2. The van der Waals surface area contributed by atoms with Crippen LogP contribution in [0.5, 0.6) is 0 Å². The molecule has 174 valence electrons. The van der Waals surface area contributed by atoms with Gasteiger partial charge < -0.3 is 15.1 Å². The number of piperazine rings is 1. The minimum absolute atomic E-state index is 0. The van der Waals surface area contributed by atoms with E-state index in [4.69, 9.17) is 0 Å². The van der Waals surface area contributed by atoms with E-state index in [9.17, 15) is 9.59 Å². The molecule has 0 aromatic carbocycles. The Balaban J connectivity index is 0.00000160. The van der Waals surface area contributed by atoms with Crippen LogP contribution in [0.4, 0.5) is 0 Å². The molecule has 3 heterocycles. The highest BCUT2D eigenvalue weighted by Gasteiger charge is 2.51. The van der Waals surface area contributed by atoms with Crippen LogP contribution in [0.2, 0.25) is 0 Å². The molecular formula is C22H40Cl2N4O2. The zero-order valence-electron chi connectivity index (χ0n) is 18.6. The summed E-state index contributed by atoms with van der Waals surface area (Å²) in [6, 6.07) is 0. The van der Waals surface area contributed by atoms with E-state index in [1.807, 2.05) is 0 Å². The predicted molar refractivity (Wildman–Crippen MR) is 124 cm³/mol. The number of piperidine rings is 1. The third kappa shape index (κ3) is 5.25. The van der Waals surface area contributed by atoms with Crippen molar-refractivity contribution in [2.75, 3.05) is 58.9 Å². The summed E-state index contributed by atoms with van der Waals surface area (Å²) in [4.78, 5) is 32.6. The van der Waals surface area contributed by atoms with Crippen molar-refractivity contribution in [3.05, 3.63) is 0 Å². The number of nitrogens with zero attached hydrogens (tertiary/aromatic N) is 3. The summed E-state index contributed by atoms with van der Waals surface area (Å²) in [6.45, 7) is 11.9. The van der Waals surface area contributed by atoms with Gasteiger partial charge in [-0.15, -0.1) is 24.8 Å². The number of hydrogen-bond acceptors (Lipinski definition) is 4. The standard InChI is InChI=1S/C22H38N4O2.2ClH/c1-17-11-18(2)14-26(13-17)20(27)15-24-7-9-25(10-8-24)21(28)22-6-4-3-5-19(22)12-23-16-22;;/h17-19,23H,3-16H2,1-2H3;2*1H/t17?,18?,19-,22+;;/m0../s1. The summed E-state index contributed by atoms with van der Waals surface area (Å²) < 4.78 is 0. The quantitative estimate of drug-likeness (QED) is 0.698. The maximum atomic E-state index is 13.4. The second-order valence-corrected chi connectivity index (χ2v) is 10.0. The fourth-order valence-corrected chi connectivity index (χ4v) is 6.25. The van der Waals surface area contributed by atoms with Crippen LogP contribution in [-0.2, 0) is 9.59 Å². The number of likely N-dealkylation sites (tertiary alicyclic amines) is 1. The Kier molecular flexibility index (Phi) is 9.29. The molecule has 1 saturated carbocycles. The first-order chi connectivity index (χ1) is 13.5. The van der Waals surface area contributed by atoms with Gasteiger partial charge in [-0.3, -0.25) is 14.5 Å². The van der Waals surface area contributed by atoms with Gasteiger partial charge in [0.15, 0.2) is 0 Å². The molecule has 4 fully saturated rings. The molecule has 2 amide bonds. The van der Waals surface area contributed by atoms with Gasteiger partial charge in [0.25, 0.3) is 0 Å². The van der Waals surface area contributed by atoms with Crippen LogP contribution in [0.1, 0.15) is 46.0 Å². The van der Waals surface area contributed by atoms with E-state index in [1.165, 1.54) is 25.7 Å². The summed E-state index contributed by atoms with van der Waals surface area (Å²) in [7, 11) is 0. The first-order valence-corrected chi connectivity index (χ1v) is 11.5. The van der Waals surface area contributed by atoms with E-state index < -0.39 is 0 Å². The van der Waals surface area contributed by atoms with Crippen molar-refractivity contribution in [3.63, 3.8) is 0 Å². The Morgan fingerprint density at radius 2 is 1.63 bits per heavy atom. The van der Waals surface area contributed by atoms with Crippen molar-refractivity contribution in [2.24, 2.45) is 23.2 Å². The van der Waals surface area contributed by atoms with E-state index in [1.54, 1.807) is 0 Å². The van der Waals surface area contributed by atoms with Gasteiger partial charge in [0, 0.05) is 45.8 Å². The van der Waals surface area contributed by atoms with Crippen LogP contribution in [0.3, 0.4) is 0 Å². The van der Waals surface area contributed by atoms with Crippen molar-refractivity contribution < 1.29 is 9.59 Å². The van der Waals surface area contributed by atoms with Crippen molar-refractivity contribution in [1.29, 1.82) is 0 Å². The third-order valence-electron chi connectivity index (χ3n) is 7.70. The first kappa shape index (κ1) is 25.7. The lowest BCUT2D eigenvalue weighted by atomic mass is 9.67. The highest BCUT2D eigenvalue weighted by Crippen LogP contribution is 2.45. The van der Waals surface area contributed by atoms with Crippen LogP contribution >= 0.6 is 24.8 Å². The van der Waals surface area contributed by atoms with Gasteiger partial charge in [-0.1, -0.05) is 26.7 Å². The van der Waals surface area contributed by atoms with Crippen molar-refractivity contribution >= 4 is 36.6 Å². The number of nitrogens with one attached hydrogen (secondary N) is 1. The smallest absolute Gasteiger partial charge is 0.236 e. The number of hydrogen-bond donors (Lipinski definition) is 1. The SMILES string of the molecule is CC1CC(C)CN(C(=O)CN2CCN(C(=O)[C@@]34CCCC[C@H]3CNC4)CC2)C1.Cl.Cl. The van der Waals surface area contributed by atoms with Crippen molar-refractivity contribution in [1.82, 2.24) is 20.0 Å². The Hall–Kier alpha value is -0.560. The maximum absolute atomic E-state index is 13.4. The summed E-state index contributed by atoms with van der Waals surface area (Å²) in [5.41, 5.74) is -0.143. The average Bonchev–Trinajstić information content (AvgIpc) is 3.12. The van der Waals surface area contributed by atoms with E-state index in [0.717, 1.165) is 58.8 Å². The molecule has 30 heavy (non-hydrogen) atoms. The third-order valence-corrected chi connectivity index (χ3v) is 7.70. The maximum Gasteiger partial charge on any atom is 0.236 e. The summed E-state index contributed by atoms with van der Waals surface area (Å²) in [5.74, 6) is 2.38. The van der Waals surface area contributed by atoms with Crippen molar-refractivity contribution in [3.8, 4) is 0 Å². The van der Waals surface area contributed by atoms with Gasteiger partial charge in [0.05, 0.1) is 12.0 Å². The zero-order chi connectivity index (χ0) is 19.7. The fourth-order valence-electron chi connectivity index (χ4n) is 6.25. The fraction of sp³-hybridized carbons (Fsp3) is 0.909. The van der Waals surface area contributed by atoms with Crippen LogP contribution in [0.15, 0.2) is 0 Å². The molecule has 0 radical (unpaired) electrons. The normalized spacial score (nSPS) is 34.5. The van der Waals surface area contributed by atoms with Crippen LogP contribution < -0.4 is 5.32 Å². The first-order valence-electron chi connectivity index (χ1n) is 11.5. The van der Waals surface area contributed by atoms with E-state index in [-0.39, 0.29) is 36.1 Å². The van der Waals surface area contributed by atoms with Gasteiger partial charge in [0.2, 0.25) is 11.8 Å². The highest BCUT2D eigenvalue weighted by atomic mass is 35.5. The highest BCUT2D eigenvalue weighted by molar-refractivity contribution is 5.86. The molecule has 0 aromatic rings. The Bertz CT molecular complexity index is 590. The Labute approximate surface area is 194 Å². The van der Waals surface area contributed by atoms with Gasteiger partial charge in [0.1, 0.15) is 0 Å². The number of halogens is 2. The molecule has 2 unspecified atom stereocenters. The van der Waals surface area contributed by atoms with Gasteiger partial charge in [-0.25, -0.2) is 0 Å². The van der Waals surface area contributed by atoms with Crippen molar-refractivity contribution in [2.45, 2.75) is 46.0 Å². The molecule has 8 heteroatoms. The lowest BCUT2D eigenvalue weighted by molar-refractivity contribution is -0.147. The summed E-state index contributed by atoms with van der Waals surface area (Å²) in [6.07, 6.45) is 5.92. The number of carbonyl (C=O) groups is 2. The van der Waals surface area contributed by atoms with Gasteiger partial charge in [-0.2, -0.15) is 0 Å². The predicted octanol–water partition coefficient (Wildman–Crippen LogP) is 2.26. The van der Waals surface area contributed by atoms with Gasteiger partial charge >= 0.3 is 0 Å². The lowest BCUT2D eigenvalue weighted by Gasteiger charge is -2.44. The second kappa shape index (κ2) is 10.8. The molecule has 4 rings (SSSR count). The lowest BCUT2D eigenvalue weighted by Crippen LogP contribution is -2.57. The zero-order valence-corrected chi connectivity index (χ0v) is 20.2. The molecule has 4 aliphatic rings. The van der Waals surface area contributed by atoms with E-state index >= 15 is 0 Å². The number of fused-ring (bicyclic) bond motifs is 1. The molecule has 0 bridgehead atoms. The Morgan fingerprint density at radius 3 is 2.30 bits per heavy atom. The topological polar surface area (TPSA) is 55.9 Å². The average molecular weight is 463 g/mol. The molecule has 0 spiro atoms. The molecule has 0 aromatic heterocycles. The molecule has 3 aliphatic heterocycles. The minimum Gasteiger partial charge on any atom is -0.341 e. The second-order valence-electron chi connectivity index (χ2n) is 10.0. The Morgan fingerprint density at radius 1 is 0.967 bits per heavy atom.